The number of carbonyl (C=O) groups is 2. The minimum atomic E-state index is -4.38. The van der Waals surface area contributed by atoms with Crippen LogP contribution in [0.5, 0.6) is 0 Å². The molecule has 0 bridgehead atoms. The molecule has 0 fully saturated rings. The van der Waals surface area contributed by atoms with Crippen molar-refractivity contribution in [3.63, 3.8) is 0 Å². The molecule has 1 atom stereocenters. The number of phosphoric acid groups is 1. The van der Waals surface area contributed by atoms with E-state index in [1.165, 1.54) is 6.92 Å². The lowest BCUT2D eigenvalue weighted by Gasteiger charge is -2.12. The Morgan fingerprint density at radius 3 is 2.00 bits per heavy atom. The molecular formula is C9H17O9P. The second-order valence-electron chi connectivity index (χ2n) is 3.10. The Labute approximate surface area is 109 Å². The SMILES string of the molecule is C=C(CC(=O)O)C(=O)O.CCOC(C)OP(=O)(O)O. The summed E-state index contributed by atoms with van der Waals surface area (Å²) in [6, 6.07) is 0. The molecule has 0 aromatic rings. The molecule has 112 valence electrons. The van der Waals surface area contributed by atoms with E-state index in [9.17, 15) is 14.2 Å². The first-order chi connectivity index (χ1) is 8.49. The van der Waals surface area contributed by atoms with Crippen molar-refractivity contribution in [3.05, 3.63) is 12.2 Å². The van der Waals surface area contributed by atoms with Gasteiger partial charge < -0.3 is 24.7 Å². The summed E-state index contributed by atoms with van der Waals surface area (Å²) in [7, 11) is -4.38. The van der Waals surface area contributed by atoms with Crippen LogP contribution in [0.4, 0.5) is 0 Å². The van der Waals surface area contributed by atoms with Gasteiger partial charge in [0.05, 0.1) is 6.42 Å². The predicted molar refractivity (Wildman–Crippen MR) is 63.2 cm³/mol. The topological polar surface area (TPSA) is 151 Å². The minimum Gasteiger partial charge on any atom is -0.481 e. The number of carboxylic acid groups (broad SMARTS) is 2. The van der Waals surface area contributed by atoms with Crippen LogP contribution >= 0.6 is 7.82 Å². The van der Waals surface area contributed by atoms with Gasteiger partial charge in [0.15, 0.2) is 6.29 Å². The molecule has 0 aliphatic heterocycles. The largest absolute Gasteiger partial charge is 0.481 e. The third-order valence-electron chi connectivity index (χ3n) is 1.35. The maximum Gasteiger partial charge on any atom is 0.471 e. The molecule has 0 amide bonds. The highest BCUT2D eigenvalue weighted by atomic mass is 31.2. The number of rotatable bonds is 7. The molecular weight excluding hydrogens is 283 g/mol. The lowest BCUT2D eigenvalue weighted by Crippen LogP contribution is -2.10. The van der Waals surface area contributed by atoms with E-state index in [-0.39, 0.29) is 5.57 Å². The number of hydrogen-bond donors (Lipinski definition) is 4. The Kier molecular flexibility index (Phi) is 10.2. The molecule has 0 aromatic heterocycles. The van der Waals surface area contributed by atoms with Gasteiger partial charge in [-0.25, -0.2) is 9.36 Å². The lowest BCUT2D eigenvalue weighted by molar-refractivity contribution is -0.139. The molecule has 10 heteroatoms. The molecule has 0 radical (unpaired) electrons. The van der Waals surface area contributed by atoms with Crippen LogP contribution < -0.4 is 0 Å². The zero-order chi connectivity index (χ0) is 15.6. The van der Waals surface area contributed by atoms with E-state index in [0.717, 1.165) is 0 Å². The van der Waals surface area contributed by atoms with Crippen molar-refractivity contribution in [1.82, 2.24) is 0 Å². The number of aliphatic carboxylic acids is 2. The van der Waals surface area contributed by atoms with Crippen LogP contribution in [-0.2, 0) is 23.4 Å². The first kappa shape index (κ1) is 20.1. The van der Waals surface area contributed by atoms with Gasteiger partial charge >= 0.3 is 19.8 Å². The average molecular weight is 300 g/mol. The Morgan fingerprint density at radius 1 is 1.32 bits per heavy atom. The molecule has 4 N–H and O–H groups in total. The van der Waals surface area contributed by atoms with Crippen molar-refractivity contribution in [2.75, 3.05) is 6.61 Å². The second-order valence-corrected chi connectivity index (χ2v) is 4.29. The Bertz CT molecular complexity index is 359. The van der Waals surface area contributed by atoms with E-state index in [4.69, 9.17) is 24.7 Å². The average Bonchev–Trinajstić information content (AvgIpc) is 2.14. The summed E-state index contributed by atoms with van der Waals surface area (Å²) in [6.45, 7) is 6.50. The first-order valence-electron chi connectivity index (χ1n) is 4.98. The Morgan fingerprint density at radius 2 is 1.79 bits per heavy atom. The van der Waals surface area contributed by atoms with Crippen LogP contribution in [0.3, 0.4) is 0 Å². The molecule has 0 rings (SSSR count). The summed E-state index contributed by atoms with van der Waals surface area (Å²) in [5.74, 6) is -2.44. The van der Waals surface area contributed by atoms with Gasteiger partial charge in [0, 0.05) is 12.2 Å². The monoisotopic (exact) mass is 300 g/mol. The van der Waals surface area contributed by atoms with Crippen molar-refractivity contribution in [3.8, 4) is 0 Å². The van der Waals surface area contributed by atoms with E-state index >= 15 is 0 Å². The smallest absolute Gasteiger partial charge is 0.471 e. The van der Waals surface area contributed by atoms with Gasteiger partial charge in [-0.3, -0.25) is 9.32 Å². The normalized spacial score (nSPS) is 12.0. The highest BCUT2D eigenvalue weighted by molar-refractivity contribution is 7.46. The summed E-state index contributed by atoms with van der Waals surface area (Å²) in [5, 5.41) is 16.1. The molecule has 1 unspecified atom stereocenters. The standard InChI is InChI=1S/C5H6O4.C4H11O5P/c1-3(5(8)9)2-4(6)7;1-3-8-4(2)9-10(5,6)7/h1-2H2,(H,6,7)(H,8,9);4H,3H2,1-2H3,(H2,5,6,7). The lowest BCUT2D eigenvalue weighted by atomic mass is 10.2. The van der Waals surface area contributed by atoms with Gasteiger partial charge in [0.2, 0.25) is 0 Å². The molecule has 0 heterocycles. The summed E-state index contributed by atoms with van der Waals surface area (Å²) < 4.78 is 18.9. The van der Waals surface area contributed by atoms with Crippen molar-refractivity contribution in [2.24, 2.45) is 0 Å². The van der Waals surface area contributed by atoms with Crippen molar-refractivity contribution < 1.29 is 43.4 Å². The van der Waals surface area contributed by atoms with E-state index in [0.29, 0.717) is 6.61 Å². The molecule has 0 aromatic carbocycles. The maximum absolute atomic E-state index is 10.1. The van der Waals surface area contributed by atoms with E-state index in [1.807, 2.05) is 0 Å². The van der Waals surface area contributed by atoms with Gasteiger partial charge in [-0.1, -0.05) is 6.58 Å². The molecule has 0 spiro atoms. The minimum absolute atomic E-state index is 0.303. The first-order valence-corrected chi connectivity index (χ1v) is 6.51. The summed E-state index contributed by atoms with van der Waals surface area (Å²) in [4.78, 5) is 36.1. The molecule has 0 aliphatic rings. The fraction of sp³-hybridized carbons (Fsp3) is 0.556. The van der Waals surface area contributed by atoms with E-state index in [2.05, 4.69) is 11.1 Å². The number of phosphoric ester groups is 1. The van der Waals surface area contributed by atoms with Crippen LogP contribution in [0.2, 0.25) is 0 Å². The number of hydrogen-bond acceptors (Lipinski definition) is 5. The zero-order valence-corrected chi connectivity index (χ0v) is 11.4. The third-order valence-corrected chi connectivity index (χ3v) is 1.93. The highest BCUT2D eigenvalue weighted by Gasteiger charge is 2.18. The molecule has 9 nitrogen and oxygen atoms in total. The summed E-state index contributed by atoms with van der Waals surface area (Å²) >= 11 is 0. The maximum atomic E-state index is 10.1. The van der Waals surface area contributed by atoms with Crippen LogP contribution in [0, 0.1) is 0 Å². The van der Waals surface area contributed by atoms with Crippen molar-refractivity contribution in [2.45, 2.75) is 26.6 Å². The fourth-order valence-corrected chi connectivity index (χ4v) is 1.16. The fourth-order valence-electron chi connectivity index (χ4n) is 0.717. The number of carboxylic acids is 2. The van der Waals surface area contributed by atoms with E-state index in [1.54, 1.807) is 6.92 Å². The molecule has 0 saturated carbocycles. The molecule has 0 aliphatic carbocycles. The Balaban J connectivity index is 0. The molecule has 19 heavy (non-hydrogen) atoms. The summed E-state index contributed by atoms with van der Waals surface area (Å²) in [5.41, 5.74) is -0.303. The summed E-state index contributed by atoms with van der Waals surface area (Å²) in [6.07, 6.45) is -1.36. The number of ether oxygens (including phenoxy) is 1. The van der Waals surface area contributed by atoms with Crippen LogP contribution in [-0.4, -0.2) is 44.8 Å². The van der Waals surface area contributed by atoms with E-state index < -0.39 is 32.5 Å². The zero-order valence-electron chi connectivity index (χ0n) is 10.5. The van der Waals surface area contributed by atoms with Gasteiger partial charge in [-0.05, 0) is 13.8 Å². The van der Waals surface area contributed by atoms with Crippen LogP contribution in [0.25, 0.3) is 0 Å². The van der Waals surface area contributed by atoms with Crippen LogP contribution in [0.15, 0.2) is 12.2 Å². The third kappa shape index (κ3) is 16.8. The van der Waals surface area contributed by atoms with Crippen molar-refractivity contribution >= 4 is 19.8 Å². The van der Waals surface area contributed by atoms with Crippen molar-refractivity contribution in [1.29, 1.82) is 0 Å². The predicted octanol–water partition coefficient (Wildman–Crippen LogP) is 0.580. The van der Waals surface area contributed by atoms with Crippen LogP contribution in [0.1, 0.15) is 20.3 Å². The molecule has 0 saturated heterocycles. The van der Waals surface area contributed by atoms with Gasteiger partial charge in [0.25, 0.3) is 0 Å². The van der Waals surface area contributed by atoms with Gasteiger partial charge in [-0.2, -0.15) is 0 Å². The Hall–Kier alpha value is -1.25. The van der Waals surface area contributed by atoms with Gasteiger partial charge in [0.1, 0.15) is 0 Å². The van der Waals surface area contributed by atoms with Gasteiger partial charge in [-0.15, -0.1) is 0 Å². The quantitative estimate of drug-likeness (QED) is 0.300. The highest BCUT2D eigenvalue weighted by Crippen LogP contribution is 2.37. The second kappa shape index (κ2) is 9.65.